The van der Waals surface area contributed by atoms with Crippen molar-refractivity contribution in [3.63, 3.8) is 0 Å². The first kappa shape index (κ1) is 11.6. The normalized spacial score (nSPS) is 11.5. The van der Waals surface area contributed by atoms with Crippen molar-refractivity contribution in [3.8, 4) is 0 Å². The van der Waals surface area contributed by atoms with Gasteiger partial charge in [0.2, 0.25) is 5.89 Å². The van der Waals surface area contributed by atoms with Gasteiger partial charge in [-0.05, 0) is 18.2 Å². The number of anilines is 2. The molecule has 17 heavy (non-hydrogen) atoms. The lowest BCUT2D eigenvalue weighted by Gasteiger charge is -2.11. The Morgan fingerprint density at radius 2 is 2.00 bits per heavy atom. The van der Waals surface area contributed by atoms with E-state index in [0.717, 1.165) is 0 Å². The second-order valence-corrected chi connectivity index (χ2v) is 4.80. The first-order chi connectivity index (χ1) is 7.95. The fourth-order valence-corrected chi connectivity index (χ4v) is 1.27. The zero-order valence-electron chi connectivity index (χ0n) is 9.99. The Bertz CT molecular complexity index is 516. The largest absolute Gasteiger partial charge is 0.407 e. The summed E-state index contributed by atoms with van der Waals surface area (Å²) < 4.78 is 18.4. The molecule has 2 aromatic rings. The van der Waals surface area contributed by atoms with Gasteiger partial charge in [0.05, 0.1) is 0 Å². The standard InChI is InChI=1S/C12H14FN3O/c1-12(2,3)10-15-16-11(17-10)14-9-6-4-5-8(13)7-9/h4-7H,1-3H3,(H,14,16). The monoisotopic (exact) mass is 235 g/mol. The molecular formula is C12H14FN3O. The molecule has 0 radical (unpaired) electrons. The summed E-state index contributed by atoms with van der Waals surface area (Å²) in [6.07, 6.45) is 0. The van der Waals surface area contributed by atoms with Gasteiger partial charge in [-0.1, -0.05) is 31.9 Å². The van der Waals surface area contributed by atoms with Crippen LogP contribution in [0.2, 0.25) is 0 Å². The number of benzene rings is 1. The Morgan fingerprint density at radius 3 is 2.59 bits per heavy atom. The van der Waals surface area contributed by atoms with Gasteiger partial charge in [-0.25, -0.2) is 4.39 Å². The van der Waals surface area contributed by atoms with Crippen molar-refractivity contribution in [2.45, 2.75) is 26.2 Å². The highest BCUT2D eigenvalue weighted by Gasteiger charge is 2.21. The third kappa shape index (κ3) is 2.81. The minimum absolute atomic E-state index is 0.200. The average Bonchev–Trinajstić information content (AvgIpc) is 2.65. The van der Waals surface area contributed by atoms with Crippen LogP contribution < -0.4 is 5.32 Å². The van der Waals surface area contributed by atoms with E-state index in [1.54, 1.807) is 12.1 Å². The van der Waals surface area contributed by atoms with Crippen LogP contribution >= 0.6 is 0 Å². The summed E-state index contributed by atoms with van der Waals surface area (Å²) in [6, 6.07) is 6.34. The van der Waals surface area contributed by atoms with Gasteiger partial charge in [0.15, 0.2) is 0 Å². The van der Waals surface area contributed by atoms with Crippen molar-refractivity contribution >= 4 is 11.7 Å². The van der Waals surface area contributed by atoms with E-state index in [2.05, 4.69) is 15.5 Å². The van der Waals surface area contributed by atoms with E-state index < -0.39 is 0 Å². The van der Waals surface area contributed by atoms with Crippen LogP contribution in [0.25, 0.3) is 0 Å². The molecule has 0 aliphatic rings. The quantitative estimate of drug-likeness (QED) is 0.868. The summed E-state index contributed by atoms with van der Waals surface area (Å²) >= 11 is 0. The molecule has 0 fully saturated rings. The highest BCUT2D eigenvalue weighted by atomic mass is 19.1. The molecule has 5 heteroatoms. The predicted octanol–water partition coefficient (Wildman–Crippen LogP) is 3.25. The van der Waals surface area contributed by atoms with Gasteiger partial charge in [0, 0.05) is 11.1 Å². The molecule has 0 aliphatic heterocycles. The molecule has 90 valence electrons. The van der Waals surface area contributed by atoms with Gasteiger partial charge < -0.3 is 9.73 Å². The second-order valence-electron chi connectivity index (χ2n) is 4.80. The van der Waals surface area contributed by atoms with Gasteiger partial charge in [-0.3, -0.25) is 0 Å². The number of rotatable bonds is 2. The highest BCUT2D eigenvalue weighted by molar-refractivity contribution is 5.51. The first-order valence-electron chi connectivity index (χ1n) is 5.32. The molecule has 0 aliphatic carbocycles. The van der Waals surface area contributed by atoms with Crippen molar-refractivity contribution in [1.82, 2.24) is 10.2 Å². The predicted molar refractivity (Wildman–Crippen MR) is 62.7 cm³/mol. The summed E-state index contributed by atoms with van der Waals surface area (Å²) in [6.45, 7) is 5.94. The average molecular weight is 235 g/mol. The smallest absolute Gasteiger partial charge is 0.320 e. The third-order valence-corrected chi connectivity index (χ3v) is 2.14. The van der Waals surface area contributed by atoms with Crippen LogP contribution in [0.15, 0.2) is 28.7 Å². The molecule has 0 amide bonds. The summed E-state index contributed by atoms with van der Waals surface area (Å²) in [5.74, 6) is 0.224. The van der Waals surface area contributed by atoms with E-state index in [1.807, 2.05) is 20.8 Å². The van der Waals surface area contributed by atoms with Gasteiger partial charge >= 0.3 is 6.01 Å². The molecule has 2 rings (SSSR count). The van der Waals surface area contributed by atoms with E-state index in [9.17, 15) is 4.39 Å². The molecule has 0 saturated carbocycles. The fourth-order valence-electron chi connectivity index (χ4n) is 1.27. The second kappa shape index (κ2) is 4.16. The molecule has 4 nitrogen and oxygen atoms in total. The van der Waals surface area contributed by atoms with E-state index in [1.165, 1.54) is 12.1 Å². The Balaban J connectivity index is 2.17. The van der Waals surface area contributed by atoms with Crippen LogP contribution in [-0.4, -0.2) is 10.2 Å². The summed E-state index contributed by atoms with van der Waals surface area (Å²) in [4.78, 5) is 0. The Morgan fingerprint density at radius 1 is 1.24 bits per heavy atom. The van der Waals surface area contributed by atoms with Crippen LogP contribution in [-0.2, 0) is 5.41 Å². The van der Waals surface area contributed by atoms with Gasteiger partial charge in [0.25, 0.3) is 0 Å². The van der Waals surface area contributed by atoms with Crippen molar-refractivity contribution in [3.05, 3.63) is 36.0 Å². The molecule has 0 saturated heterocycles. The van der Waals surface area contributed by atoms with Crippen LogP contribution in [0.3, 0.4) is 0 Å². The lowest BCUT2D eigenvalue weighted by molar-refractivity contribution is 0.400. The summed E-state index contributed by atoms with van der Waals surface area (Å²) in [7, 11) is 0. The number of aromatic nitrogens is 2. The van der Waals surface area contributed by atoms with Crippen LogP contribution in [0, 0.1) is 5.82 Å². The maximum absolute atomic E-state index is 13.0. The van der Waals surface area contributed by atoms with Gasteiger partial charge in [-0.15, -0.1) is 5.10 Å². The molecule has 0 spiro atoms. The van der Waals surface area contributed by atoms with Gasteiger partial charge in [-0.2, -0.15) is 0 Å². The SMILES string of the molecule is CC(C)(C)c1nnc(Nc2cccc(F)c2)o1. The zero-order valence-corrected chi connectivity index (χ0v) is 9.99. The first-order valence-corrected chi connectivity index (χ1v) is 5.32. The molecule has 0 unspecified atom stereocenters. The maximum atomic E-state index is 13.0. The number of nitrogens with zero attached hydrogens (tertiary/aromatic N) is 2. The molecule has 0 atom stereocenters. The van der Waals surface area contributed by atoms with E-state index >= 15 is 0 Å². The maximum Gasteiger partial charge on any atom is 0.320 e. The number of nitrogens with one attached hydrogen (secondary N) is 1. The molecular weight excluding hydrogens is 221 g/mol. The fraction of sp³-hybridized carbons (Fsp3) is 0.333. The van der Waals surface area contributed by atoms with E-state index in [-0.39, 0.29) is 17.2 Å². The van der Waals surface area contributed by atoms with Crippen molar-refractivity contribution in [2.75, 3.05) is 5.32 Å². The van der Waals surface area contributed by atoms with E-state index in [0.29, 0.717) is 11.6 Å². The minimum atomic E-state index is -0.314. The molecule has 1 heterocycles. The van der Waals surface area contributed by atoms with Crippen molar-refractivity contribution in [2.24, 2.45) is 0 Å². The van der Waals surface area contributed by atoms with Crippen LogP contribution in [0.4, 0.5) is 16.1 Å². The molecule has 1 aromatic heterocycles. The highest BCUT2D eigenvalue weighted by Crippen LogP contribution is 2.23. The Hall–Kier alpha value is -1.91. The molecule has 1 aromatic carbocycles. The topological polar surface area (TPSA) is 51.0 Å². The van der Waals surface area contributed by atoms with Crippen LogP contribution in [0.5, 0.6) is 0 Å². The number of hydrogen-bond acceptors (Lipinski definition) is 4. The lowest BCUT2D eigenvalue weighted by atomic mass is 9.97. The lowest BCUT2D eigenvalue weighted by Crippen LogP contribution is -2.11. The minimum Gasteiger partial charge on any atom is -0.407 e. The number of hydrogen-bond donors (Lipinski definition) is 1. The summed E-state index contributed by atoms with van der Waals surface area (Å²) in [5.41, 5.74) is 0.378. The van der Waals surface area contributed by atoms with Crippen molar-refractivity contribution < 1.29 is 8.81 Å². The van der Waals surface area contributed by atoms with Gasteiger partial charge in [0.1, 0.15) is 5.82 Å². The summed E-state index contributed by atoms with van der Waals surface area (Å²) in [5, 5.41) is 10.6. The van der Waals surface area contributed by atoms with Crippen LogP contribution in [0.1, 0.15) is 26.7 Å². The Labute approximate surface area is 98.9 Å². The molecule has 1 N–H and O–H groups in total. The zero-order chi connectivity index (χ0) is 12.5. The number of halogens is 1. The third-order valence-electron chi connectivity index (χ3n) is 2.14. The molecule has 0 bridgehead atoms. The Kier molecular flexibility index (Phi) is 2.83. The van der Waals surface area contributed by atoms with Crippen molar-refractivity contribution in [1.29, 1.82) is 0 Å². The van der Waals surface area contributed by atoms with E-state index in [4.69, 9.17) is 4.42 Å².